The van der Waals surface area contributed by atoms with Crippen LogP contribution in [0.25, 0.3) is 4.85 Å². The number of pyridine rings is 1. The van der Waals surface area contributed by atoms with E-state index in [0.29, 0.717) is 23.7 Å². The predicted octanol–water partition coefficient (Wildman–Crippen LogP) is 3.35. The minimum Gasteiger partial charge on any atom is -0.393 e. The molecule has 2 aromatic rings. The second kappa shape index (κ2) is 9.16. The van der Waals surface area contributed by atoms with E-state index in [-0.39, 0.29) is 6.10 Å². The summed E-state index contributed by atoms with van der Waals surface area (Å²) >= 11 is 0. The Hall–Kier alpha value is -2.76. The van der Waals surface area contributed by atoms with E-state index in [4.69, 9.17) is 11.6 Å². The molecule has 0 atom stereocenters. The number of anilines is 3. The molecule has 0 bridgehead atoms. The number of aromatic nitrogens is 3. The maximum atomic E-state index is 9.81. The van der Waals surface area contributed by atoms with E-state index in [9.17, 15) is 5.11 Å². The molecule has 4 rings (SSSR count). The first-order valence-corrected chi connectivity index (χ1v) is 10.3. The van der Waals surface area contributed by atoms with Crippen LogP contribution in [0.1, 0.15) is 50.0 Å². The van der Waals surface area contributed by atoms with E-state index in [1.165, 1.54) is 5.56 Å². The summed E-state index contributed by atoms with van der Waals surface area (Å²) < 4.78 is 0. The van der Waals surface area contributed by atoms with E-state index in [0.717, 1.165) is 63.1 Å². The molecule has 8 heteroatoms. The fourth-order valence-corrected chi connectivity index (χ4v) is 4.10. The van der Waals surface area contributed by atoms with Gasteiger partial charge in [-0.3, -0.25) is 0 Å². The lowest BCUT2D eigenvalue weighted by Gasteiger charge is -2.29. The quantitative estimate of drug-likeness (QED) is 0.578. The van der Waals surface area contributed by atoms with Crippen molar-refractivity contribution in [2.75, 3.05) is 23.7 Å². The third-order valence-corrected chi connectivity index (χ3v) is 5.75. The molecule has 1 saturated carbocycles. The Kier molecular flexibility index (Phi) is 6.17. The summed E-state index contributed by atoms with van der Waals surface area (Å²) in [5.41, 5.74) is 1.91. The van der Waals surface area contributed by atoms with Crippen LogP contribution >= 0.6 is 0 Å². The normalized spacial score (nSPS) is 22.6. The predicted molar refractivity (Wildman–Crippen MR) is 113 cm³/mol. The highest BCUT2D eigenvalue weighted by atomic mass is 16.3. The number of rotatable bonds is 5. The van der Waals surface area contributed by atoms with Crippen molar-refractivity contribution < 1.29 is 5.11 Å². The Balaban J connectivity index is 1.57. The lowest BCUT2D eigenvalue weighted by molar-refractivity contribution is 0.126. The summed E-state index contributed by atoms with van der Waals surface area (Å²) in [4.78, 5) is 16.7. The third-order valence-electron chi connectivity index (χ3n) is 5.75. The topological polar surface area (TPSA) is 99.4 Å². The monoisotopic (exact) mass is 393 g/mol. The molecule has 0 unspecified atom stereocenters. The largest absolute Gasteiger partial charge is 0.393 e. The fraction of sp³-hybridized carbons (Fsp3) is 0.524. The average molecular weight is 393 g/mol. The summed E-state index contributed by atoms with van der Waals surface area (Å²) in [5.74, 6) is 2.16. The molecule has 8 nitrogen and oxygen atoms in total. The molecule has 4 N–H and O–H groups in total. The van der Waals surface area contributed by atoms with Crippen LogP contribution in [0.5, 0.6) is 0 Å². The van der Waals surface area contributed by atoms with Crippen LogP contribution in [-0.2, 0) is 0 Å². The molecular weight excluding hydrogens is 366 g/mol. The van der Waals surface area contributed by atoms with Gasteiger partial charge in [-0.2, -0.15) is 4.98 Å². The summed E-state index contributed by atoms with van der Waals surface area (Å²) in [6, 6.07) is 3.80. The van der Waals surface area contributed by atoms with E-state index >= 15 is 0 Å². The lowest BCUT2D eigenvalue weighted by atomic mass is 9.90. The van der Waals surface area contributed by atoms with Crippen LogP contribution in [0.4, 0.5) is 23.3 Å². The molecule has 152 valence electrons. The van der Waals surface area contributed by atoms with E-state index in [1.54, 1.807) is 18.3 Å². The Morgan fingerprint density at radius 3 is 2.66 bits per heavy atom. The number of hydrogen-bond acceptors (Lipinski definition) is 7. The Bertz CT molecular complexity index is 868. The van der Waals surface area contributed by atoms with Crippen molar-refractivity contribution in [3.63, 3.8) is 0 Å². The van der Waals surface area contributed by atoms with Gasteiger partial charge in [-0.25, -0.2) is 4.98 Å². The van der Waals surface area contributed by atoms with Gasteiger partial charge in [0.05, 0.1) is 6.10 Å². The minimum absolute atomic E-state index is 0.178. The van der Waals surface area contributed by atoms with Crippen molar-refractivity contribution in [3.05, 3.63) is 41.5 Å². The van der Waals surface area contributed by atoms with Crippen molar-refractivity contribution in [2.24, 2.45) is 0 Å². The zero-order valence-electron chi connectivity index (χ0n) is 16.4. The van der Waals surface area contributed by atoms with E-state index < -0.39 is 0 Å². The average Bonchev–Trinajstić information content (AvgIpc) is 2.76. The molecule has 1 aliphatic carbocycles. The summed E-state index contributed by atoms with van der Waals surface area (Å²) in [6.07, 6.45) is 9.05. The lowest BCUT2D eigenvalue weighted by Crippen LogP contribution is -2.30. The maximum absolute atomic E-state index is 9.81. The number of aliphatic hydroxyl groups is 1. The first kappa shape index (κ1) is 19.6. The third kappa shape index (κ3) is 5.00. The molecule has 0 aromatic carbocycles. The molecule has 0 radical (unpaired) electrons. The minimum atomic E-state index is -0.178. The van der Waals surface area contributed by atoms with Crippen LogP contribution in [0.2, 0.25) is 0 Å². The fourth-order valence-electron chi connectivity index (χ4n) is 4.10. The highest BCUT2D eigenvalue weighted by Gasteiger charge is 2.24. The van der Waals surface area contributed by atoms with Gasteiger partial charge in [0, 0.05) is 29.6 Å². The number of nitrogens with zero attached hydrogens (tertiary/aromatic N) is 4. The van der Waals surface area contributed by atoms with Crippen LogP contribution < -0.4 is 16.0 Å². The van der Waals surface area contributed by atoms with Crippen molar-refractivity contribution in [2.45, 2.75) is 56.6 Å². The maximum Gasteiger partial charge on any atom is 0.271 e. The molecule has 0 spiro atoms. The summed E-state index contributed by atoms with van der Waals surface area (Å²) in [5, 5.41) is 20.0. The molecule has 1 aliphatic heterocycles. The van der Waals surface area contributed by atoms with Crippen molar-refractivity contribution in [1.82, 2.24) is 20.3 Å². The number of piperidine rings is 1. The van der Waals surface area contributed by atoms with Crippen LogP contribution in [0, 0.1) is 6.57 Å². The van der Waals surface area contributed by atoms with Gasteiger partial charge in [0.25, 0.3) is 5.82 Å². The number of nitrogens with one attached hydrogen (secondary N) is 3. The van der Waals surface area contributed by atoms with Gasteiger partial charge in [0.1, 0.15) is 12.0 Å². The zero-order chi connectivity index (χ0) is 20.1. The van der Waals surface area contributed by atoms with Gasteiger partial charge >= 0.3 is 0 Å². The van der Waals surface area contributed by atoms with Crippen LogP contribution in [0.3, 0.4) is 0 Å². The van der Waals surface area contributed by atoms with Crippen molar-refractivity contribution in [1.29, 1.82) is 0 Å². The second-order valence-corrected chi connectivity index (χ2v) is 7.81. The zero-order valence-corrected chi connectivity index (χ0v) is 16.4. The van der Waals surface area contributed by atoms with Gasteiger partial charge in [-0.05, 0) is 63.6 Å². The molecular formula is C21H27N7O. The van der Waals surface area contributed by atoms with Crippen LogP contribution in [0.15, 0.2) is 24.5 Å². The molecule has 2 aliphatic rings. The summed E-state index contributed by atoms with van der Waals surface area (Å²) in [7, 11) is 0. The molecule has 3 heterocycles. The standard InChI is InChI=1S/C21H27N7O/c1-22-19-12-16(8-11-24-19)27-21-25-13-18(14-6-9-23-10-7-14)20(28-21)26-15-2-4-17(29)5-3-15/h8,11-15,17,23,29H,2-7,9-10H2,(H2,24,25,26,27,28). The number of aliphatic hydroxyl groups excluding tert-OH is 1. The van der Waals surface area contributed by atoms with Crippen molar-refractivity contribution in [3.8, 4) is 0 Å². The van der Waals surface area contributed by atoms with Gasteiger partial charge in [0.15, 0.2) is 0 Å². The summed E-state index contributed by atoms with van der Waals surface area (Å²) in [6.45, 7) is 9.14. The highest BCUT2D eigenvalue weighted by molar-refractivity contribution is 5.60. The van der Waals surface area contributed by atoms with Gasteiger partial charge in [0.2, 0.25) is 5.95 Å². The Morgan fingerprint density at radius 1 is 1.10 bits per heavy atom. The molecule has 0 amide bonds. The smallest absolute Gasteiger partial charge is 0.271 e. The SMILES string of the molecule is [C-]#[N+]c1cc(Nc2ncc(C3CCNCC3)c(NC3CCC(O)CC3)n2)ccn1. The van der Waals surface area contributed by atoms with Crippen LogP contribution in [-0.4, -0.2) is 45.3 Å². The Morgan fingerprint density at radius 2 is 1.90 bits per heavy atom. The van der Waals surface area contributed by atoms with Crippen molar-refractivity contribution >= 4 is 23.3 Å². The molecule has 29 heavy (non-hydrogen) atoms. The van der Waals surface area contributed by atoms with Gasteiger partial charge < -0.3 is 25.9 Å². The second-order valence-electron chi connectivity index (χ2n) is 7.81. The first-order chi connectivity index (χ1) is 14.2. The van der Waals surface area contributed by atoms with E-state index in [2.05, 4.69) is 30.8 Å². The molecule has 2 fully saturated rings. The highest BCUT2D eigenvalue weighted by Crippen LogP contribution is 2.32. The van der Waals surface area contributed by atoms with Gasteiger partial charge in [-0.1, -0.05) is 6.57 Å². The first-order valence-electron chi connectivity index (χ1n) is 10.3. The van der Waals surface area contributed by atoms with E-state index in [1.807, 2.05) is 6.20 Å². The number of hydrogen-bond donors (Lipinski definition) is 4. The molecule has 2 aromatic heterocycles. The van der Waals surface area contributed by atoms with Gasteiger partial charge in [-0.15, -0.1) is 4.98 Å². The molecule has 1 saturated heterocycles. The Labute approximate surface area is 171 Å².